The van der Waals surface area contributed by atoms with Gasteiger partial charge in [-0.2, -0.15) is 5.90 Å². The van der Waals surface area contributed by atoms with Gasteiger partial charge in [-0.1, -0.05) is 52.0 Å². The SMILES string of the molecule is COc1cc2c(cc1OSOON)CCC1C2CCC2(C)C1CCC2(O)Cc1ccc(C(C)(C)C)cc1. The van der Waals surface area contributed by atoms with Crippen molar-refractivity contribution in [3.05, 3.63) is 58.7 Å². The lowest BCUT2D eigenvalue weighted by Gasteiger charge is -2.53. The van der Waals surface area contributed by atoms with Crippen molar-refractivity contribution in [1.82, 2.24) is 0 Å². The Kier molecular flexibility index (Phi) is 7.31. The van der Waals surface area contributed by atoms with Crippen molar-refractivity contribution in [1.29, 1.82) is 0 Å². The number of methoxy groups -OCH3 is 1. The molecule has 0 aromatic heterocycles. The van der Waals surface area contributed by atoms with Crippen LogP contribution in [0, 0.1) is 17.3 Å². The van der Waals surface area contributed by atoms with Crippen molar-refractivity contribution in [2.45, 2.75) is 89.6 Å². The maximum absolute atomic E-state index is 12.2. The van der Waals surface area contributed by atoms with Crippen molar-refractivity contribution in [3.8, 4) is 11.5 Å². The number of nitrogens with two attached hydrogens (primary N) is 1. The topological polar surface area (TPSA) is 83.2 Å². The maximum Gasteiger partial charge on any atom is 0.260 e. The van der Waals surface area contributed by atoms with E-state index in [1.807, 2.05) is 0 Å². The second-order valence-electron chi connectivity index (χ2n) is 12.6. The molecule has 6 nitrogen and oxygen atoms in total. The van der Waals surface area contributed by atoms with E-state index in [1.54, 1.807) is 7.11 Å². The Hall–Kier alpha value is -1.77. The minimum absolute atomic E-state index is 0.0717. The van der Waals surface area contributed by atoms with Crippen LogP contribution in [-0.4, -0.2) is 17.8 Å². The number of ether oxygens (including phenoxy) is 1. The fraction of sp³-hybridized carbons (Fsp3) is 0.600. The second kappa shape index (κ2) is 10.1. The Morgan fingerprint density at radius 2 is 1.81 bits per heavy atom. The molecule has 0 amide bonds. The summed E-state index contributed by atoms with van der Waals surface area (Å²) in [5.74, 6) is 7.77. The summed E-state index contributed by atoms with van der Waals surface area (Å²) in [4.78, 5) is 4.12. The van der Waals surface area contributed by atoms with E-state index >= 15 is 0 Å². The minimum atomic E-state index is -0.663. The predicted molar refractivity (Wildman–Crippen MR) is 146 cm³/mol. The molecule has 3 aliphatic rings. The van der Waals surface area contributed by atoms with Crippen LogP contribution in [-0.2, 0) is 27.6 Å². The number of aryl methyl sites for hydroxylation is 1. The van der Waals surface area contributed by atoms with Crippen LogP contribution in [0.4, 0.5) is 0 Å². The fourth-order valence-electron chi connectivity index (χ4n) is 7.73. The molecule has 5 atom stereocenters. The molecule has 3 aliphatic carbocycles. The molecule has 0 spiro atoms. The molecule has 2 saturated carbocycles. The summed E-state index contributed by atoms with van der Waals surface area (Å²) in [6.45, 7) is 9.10. The Labute approximate surface area is 225 Å². The Morgan fingerprint density at radius 3 is 2.49 bits per heavy atom. The molecule has 0 radical (unpaired) electrons. The largest absolute Gasteiger partial charge is 0.493 e. The lowest BCUT2D eigenvalue weighted by Crippen LogP contribution is -2.51. The molecule has 37 heavy (non-hydrogen) atoms. The maximum atomic E-state index is 12.2. The molecule has 0 saturated heterocycles. The van der Waals surface area contributed by atoms with Gasteiger partial charge in [0.2, 0.25) is 0 Å². The smallest absolute Gasteiger partial charge is 0.260 e. The third kappa shape index (κ3) is 4.78. The molecule has 3 N–H and O–H groups in total. The van der Waals surface area contributed by atoms with Gasteiger partial charge in [-0.15, -0.1) is 9.32 Å². The number of hydrogen-bond acceptors (Lipinski definition) is 7. The molecule has 0 heterocycles. The number of benzene rings is 2. The highest BCUT2D eigenvalue weighted by molar-refractivity contribution is 7.90. The first kappa shape index (κ1) is 26.8. The molecule has 0 bridgehead atoms. The van der Waals surface area contributed by atoms with Gasteiger partial charge in [0.1, 0.15) is 0 Å². The third-order valence-electron chi connectivity index (χ3n) is 9.84. The first-order valence-electron chi connectivity index (χ1n) is 13.5. The normalized spacial score (nSPS) is 30.8. The van der Waals surface area contributed by atoms with Crippen LogP contribution in [0.2, 0.25) is 0 Å². The molecule has 5 rings (SSSR count). The van der Waals surface area contributed by atoms with Crippen molar-refractivity contribution in [2.75, 3.05) is 7.11 Å². The van der Waals surface area contributed by atoms with Gasteiger partial charge < -0.3 is 14.0 Å². The second-order valence-corrected chi connectivity index (χ2v) is 13.0. The lowest BCUT2D eigenvalue weighted by molar-refractivity contribution is -0.199. The fourth-order valence-corrected chi connectivity index (χ4v) is 7.99. The quantitative estimate of drug-likeness (QED) is 0.182. The van der Waals surface area contributed by atoms with Gasteiger partial charge in [0.25, 0.3) is 12.3 Å². The summed E-state index contributed by atoms with van der Waals surface area (Å²) < 4.78 is 15.8. The molecule has 5 unspecified atom stereocenters. The monoisotopic (exact) mass is 527 g/mol. The number of rotatable bonds is 7. The summed E-state index contributed by atoms with van der Waals surface area (Å²) in [6, 6.07) is 13.1. The van der Waals surface area contributed by atoms with Crippen molar-refractivity contribution >= 4 is 12.3 Å². The highest BCUT2D eigenvalue weighted by Crippen LogP contribution is 2.65. The van der Waals surface area contributed by atoms with Gasteiger partial charge in [0.15, 0.2) is 11.5 Å². The first-order valence-corrected chi connectivity index (χ1v) is 14.2. The summed E-state index contributed by atoms with van der Waals surface area (Å²) in [6.07, 6.45) is 6.95. The Balaban J connectivity index is 1.36. The average molecular weight is 528 g/mol. The van der Waals surface area contributed by atoms with E-state index in [1.165, 1.54) is 22.3 Å². The van der Waals surface area contributed by atoms with Gasteiger partial charge in [-0.3, -0.25) is 0 Å². The first-order chi connectivity index (χ1) is 17.6. The van der Waals surface area contributed by atoms with Crippen LogP contribution in [0.15, 0.2) is 36.4 Å². The van der Waals surface area contributed by atoms with E-state index < -0.39 is 5.60 Å². The van der Waals surface area contributed by atoms with Crippen LogP contribution in [0.3, 0.4) is 0 Å². The number of fused-ring (bicyclic) bond motifs is 5. The molecule has 202 valence electrons. The Morgan fingerprint density at radius 1 is 1.05 bits per heavy atom. The van der Waals surface area contributed by atoms with E-state index in [0.29, 0.717) is 41.6 Å². The van der Waals surface area contributed by atoms with E-state index in [0.717, 1.165) is 44.9 Å². The average Bonchev–Trinajstić information content (AvgIpc) is 3.13. The zero-order valence-corrected chi connectivity index (χ0v) is 23.5. The molecule has 0 aliphatic heterocycles. The molecule has 2 aromatic rings. The van der Waals surface area contributed by atoms with Gasteiger partial charge in [-0.25, -0.2) is 0 Å². The zero-order chi connectivity index (χ0) is 26.4. The van der Waals surface area contributed by atoms with Gasteiger partial charge in [-0.05, 0) is 101 Å². The van der Waals surface area contributed by atoms with Gasteiger partial charge in [0, 0.05) is 6.42 Å². The van der Waals surface area contributed by atoms with E-state index in [9.17, 15) is 5.11 Å². The number of hydrogen-bond donors (Lipinski definition) is 2. The highest BCUT2D eigenvalue weighted by Gasteiger charge is 2.61. The van der Waals surface area contributed by atoms with Gasteiger partial charge in [0.05, 0.1) is 12.7 Å². The summed E-state index contributed by atoms with van der Waals surface area (Å²) >= 11 is 0.668. The minimum Gasteiger partial charge on any atom is -0.493 e. The van der Waals surface area contributed by atoms with Crippen LogP contribution in [0.5, 0.6) is 11.5 Å². The van der Waals surface area contributed by atoms with E-state index in [4.69, 9.17) is 14.8 Å². The molecular formula is C30H41NO5S. The molecule has 7 heteroatoms. The molecule has 2 aromatic carbocycles. The summed E-state index contributed by atoms with van der Waals surface area (Å²) in [7, 11) is 1.66. The lowest BCUT2D eigenvalue weighted by atomic mass is 9.52. The van der Waals surface area contributed by atoms with Crippen LogP contribution < -0.4 is 14.8 Å². The van der Waals surface area contributed by atoms with Crippen LogP contribution in [0.1, 0.15) is 88.0 Å². The standard InChI is InChI=1S/C30H41NO5S/c1-28(2,3)21-9-6-19(7-10-21)18-30(32)15-13-25-23-11-8-20-16-27(34-37-36-35-31)26(33-5)17-24(20)22(23)12-14-29(25,30)4/h6-7,9-10,16-17,22-23,25,32H,8,11-15,18,31H2,1-5H3. The highest BCUT2D eigenvalue weighted by atomic mass is 32.2. The van der Waals surface area contributed by atoms with Crippen LogP contribution in [0.25, 0.3) is 0 Å². The predicted octanol–water partition coefficient (Wildman–Crippen LogP) is 6.59. The van der Waals surface area contributed by atoms with Crippen LogP contribution >= 0.6 is 12.3 Å². The van der Waals surface area contributed by atoms with E-state index in [2.05, 4.69) is 73.4 Å². The summed E-state index contributed by atoms with van der Waals surface area (Å²) in [5.41, 5.74) is 4.66. The summed E-state index contributed by atoms with van der Waals surface area (Å²) in [5, 5.41) is 12.2. The molecule has 2 fully saturated rings. The van der Waals surface area contributed by atoms with Crippen molar-refractivity contribution in [3.63, 3.8) is 0 Å². The van der Waals surface area contributed by atoms with Gasteiger partial charge >= 0.3 is 0 Å². The number of aliphatic hydroxyl groups is 1. The van der Waals surface area contributed by atoms with Crippen molar-refractivity contribution < 1.29 is 23.3 Å². The third-order valence-corrected chi connectivity index (χ3v) is 10.2. The Bertz CT molecular complexity index is 1120. The van der Waals surface area contributed by atoms with Crippen molar-refractivity contribution in [2.24, 2.45) is 23.1 Å². The molecular weight excluding hydrogens is 486 g/mol. The van der Waals surface area contributed by atoms with E-state index in [-0.39, 0.29) is 10.8 Å². The zero-order valence-electron chi connectivity index (χ0n) is 22.7.